The number of ether oxygens (including phenoxy) is 2. The van der Waals surface area contributed by atoms with Gasteiger partial charge in [-0.3, -0.25) is 9.78 Å². The highest BCUT2D eigenvalue weighted by molar-refractivity contribution is 7.92. The molecule has 2 aromatic heterocycles. The third kappa shape index (κ3) is 7.84. The van der Waals surface area contributed by atoms with Crippen LogP contribution in [0.1, 0.15) is 73.6 Å². The monoisotopic (exact) mass is 713 g/mol. The number of amides is 1. The molecular weight excluding hydrogens is 667 g/mol. The summed E-state index contributed by atoms with van der Waals surface area (Å²) >= 11 is 0. The number of anilines is 2. The van der Waals surface area contributed by atoms with Gasteiger partial charge in [-0.15, -0.1) is 0 Å². The second-order valence-corrected chi connectivity index (χ2v) is 16.6. The number of benzene rings is 2. The fourth-order valence-corrected chi connectivity index (χ4v) is 8.02. The Morgan fingerprint density at radius 1 is 1.04 bits per heavy atom. The van der Waals surface area contributed by atoms with Gasteiger partial charge < -0.3 is 19.3 Å². The third-order valence-electron chi connectivity index (χ3n) is 9.79. The lowest BCUT2D eigenvalue weighted by atomic mass is 9.76. The molecule has 270 valence electrons. The van der Waals surface area contributed by atoms with Gasteiger partial charge in [-0.05, 0) is 74.3 Å². The van der Waals surface area contributed by atoms with Crippen LogP contribution in [0.4, 0.5) is 11.8 Å². The van der Waals surface area contributed by atoms with E-state index >= 15 is 0 Å². The van der Waals surface area contributed by atoms with Crippen molar-refractivity contribution in [2.45, 2.75) is 83.3 Å². The number of carbonyl (C=O) groups excluding carboxylic acids is 1. The van der Waals surface area contributed by atoms with Crippen molar-refractivity contribution in [1.82, 2.24) is 24.8 Å². The predicted molar refractivity (Wildman–Crippen MR) is 196 cm³/mol. The lowest BCUT2D eigenvalue weighted by molar-refractivity contribution is 0.0508. The van der Waals surface area contributed by atoms with Crippen molar-refractivity contribution in [2.24, 2.45) is 5.41 Å². The van der Waals surface area contributed by atoms with Gasteiger partial charge in [0, 0.05) is 31.4 Å². The minimum absolute atomic E-state index is 0.0854. The first-order chi connectivity index (χ1) is 24.2. The Hall–Kier alpha value is -4.62. The van der Waals surface area contributed by atoms with Gasteiger partial charge >= 0.3 is 0 Å². The zero-order valence-electron chi connectivity index (χ0n) is 30.4. The van der Waals surface area contributed by atoms with Gasteiger partial charge in [0.2, 0.25) is 11.8 Å². The van der Waals surface area contributed by atoms with Crippen LogP contribution >= 0.6 is 0 Å². The van der Waals surface area contributed by atoms with Crippen molar-refractivity contribution < 1.29 is 22.7 Å². The topological polar surface area (TPSA) is 140 Å². The maximum atomic E-state index is 14.6. The van der Waals surface area contributed by atoms with Crippen molar-refractivity contribution >= 4 is 27.7 Å². The van der Waals surface area contributed by atoms with Crippen LogP contribution in [-0.4, -0.2) is 78.1 Å². The largest absolute Gasteiger partial charge is 0.475 e. The Morgan fingerprint density at radius 2 is 1.76 bits per heavy atom. The van der Waals surface area contributed by atoms with E-state index in [4.69, 9.17) is 14.5 Å². The molecule has 12 nitrogen and oxygen atoms in total. The van der Waals surface area contributed by atoms with E-state index in [1.165, 1.54) is 12.1 Å². The van der Waals surface area contributed by atoms with Crippen molar-refractivity contribution in [1.29, 1.82) is 0 Å². The molecule has 3 heterocycles. The van der Waals surface area contributed by atoms with E-state index in [2.05, 4.69) is 45.3 Å². The first kappa shape index (κ1) is 36.2. The van der Waals surface area contributed by atoms with Crippen LogP contribution in [0.2, 0.25) is 0 Å². The average molecular weight is 714 g/mol. The van der Waals surface area contributed by atoms with Crippen LogP contribution in [0.25, 0.3) is 11.3 Å². The van der Waals surface area contributed by atoms with Gasteiger partial charge in [-0.25, -0.2) is 23.1 Å². The van der Waals surface area contributed by atoms with E-state index < -0.39 is 16.1 Å². The lowest BCUT2D eigenvalue weighted by Gasteiger charge is -2.48. The summed E-state index contributed by atoms with van der Waals surface area (Å²) in [7, 11) is -0.472. The zero-order valence-corrected chi connectivity index (χ0v) is 31.2. The summed E-state index contributed by atoms with van der Waals surface area (Å²) in [6.45, 7) is 11.1. The molecule has 0 unspecified atom stereocenters. The van der Waals surface area contributed by atoms with Crippen LogP contribution in [0.3, 0.4) is 0 Å². The number of rotatable bonds is 8. The number of fused-ring (bicyclic) bond motifs is 4. The molecule has 1 N–H and O–H groups in total. The molecule has 4 bridgehead atoms. The Bertz CT molecular complexity index is 2010. The molecule has 0 radical (unpaired) electrons. The van der Waals surface area contributed by atoms with E-state index in [0.29, 0.717) is 30.2 Å². The number of aromatic nitrogens is 4. The molecule has 1 fully saturated rings. The smallest absolute Gasteiger partial charge is 0.264 e. The maximum absolute atomic E-state index is 14.6. The molecule has 0 saturated heterocycles. The zero-order chi connectivity index (χ0) is 36.6. The normalized spacial score (nSPS) is 18.3. The second kappa shape index (κ2) is 14.2. The minimum Gasteiger partial charge on any atom is -0.475 e. The Kier molecular flexibility index (Phi) is 10.1. The summed E-state index contributed by atoms with van der Waals surface area (Å²) < 4.78 is 42.0. The number of nitrogens with one attached hydrogen (secondary N) is 1. The molecule has 13 heteroatoms. The van der Waals surface area contributed by atoms with E-state index in [-0.39, 0.29) is 52.3 Å². The number of hydrogen-bond donors (Lipinski definition) is 1. The quantitative estimate of drug-likeness (QED) is 0.225. The van der Waals surface area contributed by atoms with E-state index in [1.807, 2.05) is 39.1 Å². The first-order valence-corrected chi connectivity index (χ1v) is 18.7. The molecule has 0 spiro atoms. The number of carbonyl (C=O) groups is 1. The minimum atomic E-state index is -4.19. The van der Waals surface area contributed by atoms with Crippen LogP contribution in [-0.2, 0) is 21.3 Å². The van der Waals surface area contributed by atoms with Gasteiger partial charge in [0.05, 0.1) is 53.4 Å². The van der Waals surface area contributed by atoms with Crippen molar-refractivity contribution in [2.75, 3.05) is 37.0 Å². The first-order valence-electron chi connectivity index (χ1n) is 17.2. The summed E-state index contributed by atoms with van der Waals surface area (Å²) in [4.78, 5) is 37.0. The van der Waals surface area contributed by atoms with Gasteiger partial charge in [0.25, 0.3) is 15.9 Å². The highest BCUT2D eigenvalue weighted by Crippen LogP contribution is 2.39. The highest BCUT2D eigenvalue weighted by atomic mass is 32.2. The molecular formula is C38H47N7O5S. The second-order valence-electron chi connectivity index (χ2n) is 14.9. The average Bonchev–Trinajstić information content (AvgIpc) is 3.06. The molecule has 2 aliphatic rings. The molecule has 1 atom stereocenters. The third-order valence-corrected chi connectivity index (χ3v) is 11.1. The number of sulfonamides is 1. The van der Waals surface area contributed by atoms with E-state index in [1.54, 1.807) is 42.6 Å². The maximum Gasteiger partial charge on any atom is 0.264 e. The Morgan fingerprint density at radius 3 is 2.43 bits per heavy atom. The summed E-state index contributed by atoms with van der Waals surface area (Å²) in [5.74, 6) is 0.399. The lowest BCUT2D eigenvalue weighted by Crippen LogP contribution is -2.55. The fourth-order valence-electron chi connectivity index (χ4n) is 7.03. The molecule has 51 heavy (non-hydrogen) atoms. The van der Waals surface area contributed by atoms with Gasteiger partial charge in [-0.1, -0.05) is 45.0 Å². The molecule has 1 aliphatic heterocycles. The molecule has 1 amide bonds. The number of methoxy groups -OCH3 is 1. The summed E-state index contributed by atoms with van der Waals surface area (Å²) in [5, 5.41) is 0. The Labute approximate surface area is 300 Å². The number of likely N-dealkylation sites (N-methyl/N-ethyl adjacent to an activating group) is 1. The van der Waals surface area contributed by atoms with Crippen LogP contribution < -0.4 is 14.4 Å². The molecule has 1 aliphatic carbocycles. The fraction of sp³-hybridized carbons (Fsp3) is 0.447. The summed E-state index contributed by atoms with van der Waals surface area (Å²) in [6.07, 6.45) is 7.06. The highest BCUT2D eigenvalue weighted by Gasteiger charge is 2.42. The SMILES string of the molecule is COCC1(N(C)c2cncc(CN3C(=O)c4cccc(c4)S(=O)(=O)Nc4nc(cc(-c5c(C)cccc5C)n4)OC[C@H]3CC(C)(C)C)n2)CCC1. The van der Waals surface area contributed by atoms with Crippen LogP contribution in [0.15, 0.2) is 65.8 Å². The van der Waals surface area contributed by atoms with Gasteiger partial charge in [0.15, 0.2) is 0 Å². The molecule has 4 aromatic rings. The van der Waals surface area contributed by atoms with E-state index in [9.17, 15) is 13.2 Å². The van der Waals surface area contributed by atoms with Crippen molar-refractivity contribution in [3.8, 4) is 17.1 Å². The standard InChI is InChI=1S/C38H47N7O5S/c1-25-11-8-12-26(2)34(25)31-18-33-42-36(41-31)43-51(47,48)30-14-9-13-27(17-30)35(46)45(29(23-50-33)19-37(3,4)5)22-28-20-39-21-32(40-28)44(6)38(24-49-7)15-10-16-38/h8-9,11-14,17-18,20-21,29H,10,15-16,19,22-24H2,1-7H3,(H,41,42,43)/t29-/m1/s1. The Balaban J connectivity index is 1.45. The summed E-state index contributed by atoms with van der Waals surface area (Å²) in [6, 6.07) is 13.2. The predicted octanol–water partition coefficient (Wildman–Crippen LogP) is 6.20. The molecule has 6 rings (SSSR count). The van der Waals surface area contributed by atoms with Crippen molar-refractivity contribution in [3.63, 3.8) is 0 Å². The molecule has 2 aromatic carbocycles. The van der Waals surface area contributed by atoms with E-state index in [0.717, 1.165) is 36.0 Å². The van der Waals surface area contributed by atoms with Crippen LogP contribution in [0.5, 0.6) is 5.88 Å². The van der Waals surface area contributed by atoms with Crippen LogP contribution in [0, 0.1) is 19.3 Å². The summed E-state index contributed by atoms with van der Waals surface area (Å²) in [5.41, 5.74) is 3.77. The number of aryl methyl sites for hydroxylation is 2. The van der Waals surface area contributed by atoms with Gasteiger partial charge in [-0.2, -0.15) is 4.98 Å². The number of nitrogens with zero attached hydrogens (tertiary/aromatic N) is 6. The molecule has 1 saturated carbocycles. The number of hydrogen-bond acceptors (Lipinski definition) is 10. The van der Waals surface area contributed by atoms with Crippen molar-refractivity contribution in [3.05, 3.63) is 83.3 Å². The van der Waals surface area contributed by atoms with Gasteiger partial charge in [0.1, 0.15) is 12.4 Å².